The SMILES string of the molecule is Cn1nccc1C(=O)N1CCN(c2ccc3ncnc(OC4CCOC4)c3c2)CC1. The van der Waals surface area contributed by atoms with Gasteiger partial charge in [0.2, 0.25) is 5.88 Å². The molecule has 4 heterocycles. The molecule has 30 heavy (non-hydrogen) atoms. The second-order valence-corrected chi connectivity index (χ2v) is 7.60. The normalized spacial score (nSPS) is 19.4. The van der Waals surface area contributed by atoms with Gasteiger partial charge >= 0.3 is 0 Å². The van der Waals surface area contributed by atoms with Gasteiger partial charge in [-0.3, -0.25) is 9.48 Å². The number of rotatable bonds is 4. The van der Waals surface area contributed by atoms with E-state index in [0.717, 1.165) is 42.7 Å². The number of carbonyl (C=O) groups excluding carboxylic acids is 1. The molecule has 1 atom stereocenters. The Hall–Kier alpha value is -3.20. The van der Waals surface area contributed by atoms with Gasteiger partial charge in [0.05, 0.1) is 24.1 Å². The number of nitrogens with zero attached hydrogens (tertiary/aromatic N) is 6. The minimum atomic E-state index is 0.0241. The standard InChI is InChI=1S/C21H24N6O3/c1-25-19(4-6-24-25)21(28)27-9-7-26(8-10-27)15-2-3-18-17(12-15)20(23-14-22-18)30-16-5-11-29-13-16/h2-4,6,12,14,16H,5,7-11,13H2,1H3. The molecule has 2 aromatic heterocycles. The van der Waals surface area contributed by atoms with Crippen molar-refractivity contribution < 1.29 is 14.3 Å². The molecule has 2 aliphatic rings. The fraction of sp³-hybridized carbons (Fsp3) is 0.429. The van der Waals surface area contributed by atoms with Gasteiger partial charge in [0.15, 0.2) is 0 Å². The minimum Gasteiger partial charge on any atom is -0.471 e. The molecule has 1 aromatic carbocycles. The van der Waals surface area contributed by atoms with E-state index in [-0.39, 0.29) is 12.0 Å². The number of amides is 1. The van der Waals surface area contributed by atoms with Crippen LogP contribution >= 0.6 is 0 Å². The Morgan fingerprint density at radius 1 is 1.17 bits per heavy atom. The van der Waals surface area contributed by atoms with Crippen molar-refractivity contribution in [3.8, 4) is 5.88 Å². The monoisotopic (exact) mass is 408 g/mol. The number of hydrogen-bond acceptors (Lipinski definition) is 7. The number of carbonyl (C=O) groups is 1. The zero-order chi connectivity index (χ0) is 20.5. The van der Waals surface area contributed by atoms with Gasteiger partial charge in [0, 0.05) is 51.5 Å². The van der Waals surface area contributed by atoms with E-state index in [1.807, 2.05) is 11.0 Å². The Balaban J connectivity index is 1.32. The maximum absolute atomic E-state index is 12.7. The van der Waals surface area contributed by atoms with Gasteiger partial charge in [-0.25, -0.2) is 9.97 Å². The van der Waals surface area contributed by atoms with Crippen LogP contribution in [0.3, 0.4) is 0 Å². The first-order valence-electron chi connectivity index (χ1n) is 10.2. The molecule has 5 rings (SSSR count). The highest BCUT2D eigenvalue weighted by atomic mass is 16.5. The maximum atomic E-state index is 12.7. The van der Waals surface area contributed by atoms with Crippen molar-refractivity contribution in [1.82, 2.24) is 24.6 Å². The van der Waals surface area contributed by atoms with Crippen LogP contribution in [0.1, 0.15) is 16.9 Å². The number of anilines is 1. The lowest BCUT2D eigenvalue weighted by Crippen LogP contribution is -2.49. The summed E-state index contributed by atoms with van der Waals surface area (Å²) in [6.45, 7) is 4.16. The van der Waals surface area contributed by atoms with Crippen LogP contribution in [0, 0.1) is 0 Å². The third-order valence-electron chi connectivity index (χ3n) is 5.72. The first-order chi connectivity index (χ1) is 14.7. The fourth-order valence-electron chi connectivity index (χ4n) is 3.99. The molecular formula is C21H24N6O3. The van der Waals surface area contributed by atoms with Crippen molar-refractivity contribution in [1.29, 1.82) is 0 Å². The number of hydrogen-bond donors (Lipinski definition) is 0. The van der Waals surface area contributed by atoms with Gasteiger partial charge in [0.25, 0.3) is 5.91 Å². The zero-order valence-corrected chi connectivity index (χ0v) is 16.9. The highest BCUT2D eigenvalue weighted by molar-refractivity contribution is 5.92. The van der Waals surface area contributed by atoms with Crippen molar-refractivity contribution in [2.24, 2.45) is 7.05 Å². The summed E-state index contributed by atoms with van der Waals surface area (Å²) in [6, 6.07) is 7.90. The molecule has 0 aliphatic carbocycles. The summed E-state index contributed by atoms with van der Waals surface area (Å²) in [7, 11) is 1.79. The smallest absolute Gasteiger partial charge is 0.272 e. The first-order valence-corrected chi connectivity index (χ1v) is 10.2. The zero-order valence-electron chi connectivity index (χ0n) is 16.9. The first kappa shape index (κ1) is 18.8. The number of aryl methyl sites for hydroxylation is 1. The van der Waals surface area contributed by atoms with Crippen LogP contribution in [0.4, 0.5) is 5.69 Å². The summed E-state index contributed by atoms with van der Waals surface area (Å²) in [6.07, 6.45) is 4.10. The summed E-state index contributed by atoms with van der Waals surface area (Å²) >= 11 is 0. The molecule has 2 fully saturated rings. The highest BCUT2D eigenvalue weighted by Crippen LogP contribution is 2.29. The van der Waals surface area contributed by atoms with Crippen LogP contribution in [0.25, 0.3) is 10.9 Å². The molecule has 9 nitrogen and oxygen atoms in total. The number of fused-ring (bicyclic) bond motifs is 1. The average molecular weight is 408 g/mol. The molecule has 1 amide bonds. The van der Waals surface area contributed by atoms with Gasteiger partial charge in [-0.2, -0.15) is 5.10 Å². The van der Waals surface area contributed by atoms with E-state index in [9.17, 15) is 4.79 Å². The predicted octanol–water partition coefficient (Wildman–Crippen LogP) is 1.49. The van der Waals surface area contributed by atoms with Crippen LogP contribution in [0.15, 0.2) is 36.8 Å². The second kappa shape index (κ2) is 7.91. The van der Waals surface area contributed by atoms with E-state index in [1.54, 1.807) is 24.0 Å². The van der Waals surface area contributed by atoms with Gasteiger partial charge < -0.3 is 19.3 Å². The van der Waals surface area contributed by atoms with Crippen molar-refractivity contribution in [2.45, 2.75) is 12.5 Å². The Morgan fingerprint density at radius 3 is 2.77 bits per heavy atom. The largest absolute Gasteiger partial charge is 0.471 e. The van der Waals surface area contributed by atoms with E-state index in [1.165, 1.54) is 6.33 Å². The average Bonchev–Trinajstić information content (AvgIpc) is 3.45. The number of piperazine rings is 1. The summed E-state index contributed by atoms with van der Waals surface area (Å²) < 4.78 is 13.1. The lowest BCUT2D eigenvalue weighted by atomic mass is 10.1. The van der Waals surface area contributed by atoms with Crippen LogP contribution in [-0.4, -0.2) is 76.1 Å². The Kier molecular flexibility index (Phi) is 4.96. The third-order valence-corrected chi connectivity index (χ3v) is 5.72. The predicted molar refractivity (Wildman–Crippen MR) is 111 cm³/mol. The summed E-state index contributed by atoms with van der Waals surface area (Å²) in [5.41, 5.74) is 2.55. The summed E-state index contributed by atoms with van der Waals surface area (Å²) in [5.74, 6) is 0.624. The van der Waals surface area contributed by atoms with Crippen LogP contribution in [0.5, 0.6) is 5.88 Å². The van der Waals surface area contributed by atoms with Crippen molar-refractivity contribution >= 4 is 22.5 Å². The second-order valence-electron chi connectivity index (χ2n) is 7.60. The van der Waals surface area contributed by atoms with Gasteiger partial charge in [-0.05, 0) is 24.3 Å². The third kappa shape index (κ3) is 3.56. The Labute approximate surface area is 174 Å². The van der Waals surface area contributed by atoms with E-state index < -0.39 is 0 Å². The van der Waals surface area contributed by atoms with Gasteiger partial charge in [-0.15, -0.1) is 0 Å². The molecule has 0 saturated carbocycles. The summed E-state index contributed by atoms with van der Waals surface area (Å²) in [4.78, 5) is 25.6. The molecule has 9 heteroatoms. The molecule has 0 N–H and O–H groups in total. The van der Waals surface area contributed by atoms with Crippen molar-refractivity contribution in [3.05, 3.63) is 42.5 Å². The Bertz CT molecular complexity index is 1050. The molecule has 1 unspecified atom stereocenters. The van der Waals surface area contributed by atoms with E-state index >= 15 is 0 Å². The lowest BCUT2D eigenvalue weighted by Gasteiger charge is -2.36. The maximum Gasteiger partial charge on any atom is 0.272 e. The number of benzene rings is 1. The quantitative estimate of drug-likeness (QED) is 0.647. The van der Waals surface area contributed by atoms with Crippen LogP contribution in [0.2, 0.25) is 0 Å². The van der Waals surface area contributed by atoms with Gasteiger partial charge in [-0.1, -0.05) is 0 Å². The van der Waals surface area contributed by atoms with E-state index in [4.69, 9.17) is 9.47 Å². The molecule has 2 saturated heterocycles. The summed E-state index contributed by atoms with van der Waals surface area (Å²) in [5, 5.41) is 4.99. The van der Waals surface area contributed by atoms with Crippen molar-refractivity contribution in [2.75, 3.05) is 44.3 Å². The molecular weight excluding hydrogens is 384 g/mol. The highest BCUT2D eigenvalue weighted by Gasteiger charge is 2.25. The van der Waals surface area contributed by atoms with Crippen LogP contribution in [-0.2, 0) is 11.8 Å². The molecule has 0 spiro atoms. The van der Waals surface area contributed by atoms with Crippen molar-refractivity contribution in [3.63, 3.8) is 0 Å². The van der Waals surface area contributed by atoms with Crippen LogP contribution < -0.4 is 9.64 Å². The van der Waals surface area contributed by atoms with E-state index in [2.05, 4.69) is 32.1 Å². The fourth-order valence-corrected chi connectivity index (χ4v) is 3.99. The molecule has 0 bridgehead atoms. The number of ether oxygens (including phenoxy) is 2. The molecule has 156 valence electrons. The lowest BCUT2D eigenvalue weighted by molar-refractivity contribution is 0.0735. The number of aromatic nitrogens is 4. The molecule has 0 radical (unpaired) electrons. The minimum absolute atomic E-state index is 0.0241. The molecule has 2 aliphatic heterocycles. The van der Waals surface area contributed by atoms with Gasteiger partial charge in [0.1, 0.15) is 18.1 Å². The Morgan fingerprint density at radius 2 is 2.03 bits per heavy atom. The topological polar surface area (TPSA) is 85.6 Å². The van der Waals surface area contributed by atoms with E-state index in [0.29, 0.717) is 31.3 Å². The molecule has 3 aromatic rings.